The van der Waals surface area contributed by atoms with Crippen LogP contribution in [0.1, 0.15) is 0 Å². The van der Waals surface area contributed by atoms with Gasteiger partial charge in [-0.3, -0.25) is 0 Å². The maximum Gasteiger partial charge on any atom is 5.00 e. The molecular weight excluding hydrogens is 530 g/mol. The Morgan fingerprint density at radius 1 is 0.320 bits per heavy atom. The average molecular weight is 555 g/mol. The Balaban J connectivity index is 0.000000339. The first kappa shape index (κ1) is 25.6. The summed E-state index contributed by atoms with van der Waals surface area (Å²) >= 11 is 20.4. The first-order valence-electron chi connectivity index (χ1n) is 6.98. The molecule has 0 aliphatic heterocycles. The number of rotatable bonds is 0. The van der Waals surface area contributed by atoms with Gasteiger partial charge in [0, 0.05) is 0 Å². The maximum absolute atomic E-state index is 3.39. The van der Waals surface area contributed by atoms with E-state index in [-0.39, 0.29) is 24.4 Å². The summed E-state index contributed by atoms with van der Waals surface area (Å²) in [6.45, 7) is 0. The molecule has 0 amide bonds. The standard InChI is InChI=1S/3C6H6S2.Sb/c3*7-5-3-1-2-4-6(5)8;/h3*1-4,7-8H;/q;;;+5/p+6. The zero-order chi connectivity index (χ0) is 17.9. The fourth-order valence-corrected chi connectivity index (χ4v) is 2.53. The molecule has 0 heterocycles. The van der Waals surface area contributed by atoms with Gasteiger partial charge in [0.2, 0.25) is 29.4 Å². The van der Waals surface area contributed by atoms with E-state index < -0.39 is 0 Å². The van der Waals surface area contributed by atoms with E-state index >= 15 is 0 Å². The third-order valence-electron chi connectivity index (χ3n) is 2.78. The molecule has 3 aromatic carbocycles. The second-order valence-electron chi connectivity index (χ2n) is 4.64. The first-order chi connectivity index (χ1) is 11.4. The third-order valence-corrected chi connectivity index (χ3v) is 6.15. The molecule has 0 nitrogen and oxygen atoms in total. The van der Waals surface area contributed by atoms with Gasteiger partial charge in [-0.15, -0.1) is 0 Å². The molecule has 3 aromatic rings. The van der Waals surface area contributed by atoms with Crippen molar-refractivity contribution in [3.05, 3.63) is 72.8 Å². The molecule has 0 radical (unpaired) electrons. The fourth-order valence-electron chi connectivity index (χ4n) is 1.45. The van der Waals surface area contributed by atoms with Crippen LogP contribution in [0.15, 0.2) is 102 Å². The van der Waals surface area contributed by atoms with Crippen molar-refractivity contribution in [3.63, 3.8) is 0 Å². The molecule has 0 aromatic heterocycles. The van der Waals surface area contributed by atoms with E-state index in [9.17, 15) is 0 Å². The van der Waals surface area contributed by atoms with E-state index in [1.807, 2.05) is 72.8 Å². The van der Waals surface area contributed by atoms with Crippen molar-refractivity contribution < 1.29 is 0 Å². The summed E-state index contributed by atoms with van der Waals surface area (Å²) in [6, 6.07) is 23.8. The van der Waals surface area contributed by atoms with E-state index in [1.54, 1.807) is 0 Å². The molecule has 0 fully saturated rings. The fraction of sp³-hybridized carbons (Fsp3) is 0. The molecule has 0 saturated carbocycles. The Morgan fingerprint density at radius 2 is 0.440 bits per heavy atom. The second-order valence-corrected chi connectivity index (χ2v) is 7.87. The summed E-state index contributed by atoms with van der Waals surface area (Å²) < 4.78 is 0. The molecule has 0 saturated heterocycles. The van der Waals surface area contributed by atoms with Gasteiger partial charge in [-0.1, -0.05) is 36.4 Å². The molecule has 25 heavy (non-hydrogen) atoms. The predicted octanol–water partition coefficient (Wildman–Crippen LogP) is 0.901. The summed E-state index contributed by atoms with van der Waals surface area (Å²) in [5.41, 5.74) is 0. The third kappa shape index (κ3) is 11.1. The quantitative estimate of drug-likeness (QED) is 0.287. The van der Waals surface area contributed by atoms with E-state index in [1.165, 1.54) is 0 Å². The van der Waals surface area contributed by atoms with Gasteiger partial charge >= 0.3 is 24.4 Å². The molecule has 0 N–H and O–H groups in total. The minimum atomic E-state index is 0. The molecule has 7 heteroatoms. The second kappa shape index (κ2) is 14.6. The van der Waals surface area contributed by atoms with Crippen LogP contribution in [0.5, 0.6) is 0 Å². The van der Waals surface area contributed by atoms with Gasteiger partial charge < -0.3 is 0 Å². The van der Waals surface area contributed by atoms with Crippen molar-refractivity contribution in [2.75, 3.05) is 0 Å². The van der Waals surface area contributed by atoms with Gasteiger partial charge in [-0.25, -0.2) is 0 Å². The van der Waals surface area contributed by atoms with Crippen molar-refractivity contribution in [2.24, 2.45) is 0 Å². The maximum atomic E-state index is 3.39. The number of hydrogen-bond acceptors (Lipinski definition) is 0. The molecule has 0 unspecified atom stereocenters. The van der Waals surface area contributed by atoms with Crippen molar-refractivity contribution >= 4 is 100 Å². The Hall–Kier alpha value is 0.578. The van der Waals surface area contributed by atoms with Gasteiger partial charge in [0.1, 0.15) is 0 Å². The molecule has 3 rings (SSSR count). The average Bonchev–Trinajstić information content (AvgIpc) is 2.57. The SMILES string of the molecule is [SH2+]c1ccccc1[SH2+].[SH2+]c1ccccc1[SH2+].[SH2+]c1ccccc1[SH2+].[Sb+5]. The Morgan fingerprint density at radius 3 is 0.520 bits per heavy atom. The minimum absolute atomic E-state index is 0. The van der Waals surface area contributed by atoms with E-state index in [2.05, 4.69) is 75.8 Å². The van der Waals surface area contributed by atoms with Gasteiger partial charge in [0.05, 0.1) is 0 Å². The molecular formula is C18H24S6Sb+11. The summed E-state index contributed by atoms with van der Waals surface area (Å²) in [5, 5.41) is 0. The predicted molar refractivity (Wildman–Crippen MR) is 136 cm³/mol. The molecule has 0 aliphatic carbocycles. The van der Waals surface area contributed by atoms with Gasteiger partial charge in [-0.2, -0.15) is 0 Å². The summed E-state index contributed by atoms with van der Waals surface area (Å²) in [7, 11) is 0. The minimum Gasteiger partial charge on any atom is -0.0569 e. The normalized spacial score (nSPS) is 8.88. The van der Waals surface area contributed by atoms with Gasteiger partial charge in [-0.05, 0) is 112 Å². The van der Waals surface area contributed by atoms with Crippen molar-refractivity contribution in [3.8, 4) is 0 Å². The van der Waals surface area contributed by atoms with E-state index in [0.29, 0.717) is 0 Å². The Labute approximate surface area is 200 Å². The first-order valence-corrected chi connectivity index (χ1v) is 9.98. The van der Waals surface area contributed by atoms with Crippen LogP contribution in [-0.2, 0) is 75.8 Å². The van der Waals surface area contributed by atoms with E-state index in [4.69, 9.17) is 0 Å². The summed E-state index contributed by atoms with van der Waals surface area (Å²) in [6.07, 6.45) is 0. The van der Waals surface area contributed by atoms with Crippen LogP contribution in [-0.4, -0.2) is 24.4 Å². The molecule has 0 aliphatic rings. The molecule has 126 valence electrons. The zero-order valence-corrected chi connectivity index (χ0v) is 21.9. The number of benzene rings is 3. The molecule has 0 spiro atoms. The largest absolute Gasteiger partial charge is 5.00 e. The summed E-state index contributed by atoms with van der Waals surface area (Å²) in [4.78, 5) is 6.52. The van der Waals surface area contributed by atoms with Crippen molar-refractivity contribution in [1.82, 2.24) is 0 Å². The van der Waals surface area contributed by atoms with Crippen LogP contribution < -0.4 is 0 Å². The topological polar surface area (TPSA) is 0 Å². The smallest absolute Gasteiger partial charge is 0.0569 e. The monoisotopic (exact) mass is 553 g/mol. The van der Waals surface area contributed by atoms with Crippen LogP contribution >= 0.6 is 0 Å². The molecule has 0 bridgehead atoms. The van der Waals surface area contributed by atoms with Crippen LogP contribution in [0.3, 0.4) is 0 Å². The summed E-state index contributed by atoms with van der Waals surface area (Å²) in [5.74, 6) is 0. The Kier molecular flexibility index (Phi) is 15.0. The van der Waals surface area contributed by atoms with E-state index in [0.717, 1.165) is 29.4 Å². The Bertz CT molecular complexity index is 597. The van der Waals surface area contributed by atoms with Crippen molar-refractivity contribution in [1.29, 1.82) is 0 Å². The van der Waals surface area contributed by atoms with Gasteiger partial charge in [0.15, 0.2) is 0 Å². The van der Waals surface area contributed by atoms with Crippen LogP contribution in [0.4, 0.5) is 0 Å². The number of hydrogen-bond donors (Lipinski definition) is 0. The van der Waals surface area contributed by atoms with Crippen LogP contribution in [0, 0.1) is 0 Å². The zero-order valence-electron chi connectivity index (χ0n) is 13.4. The van der Waals surface area contributed by atoms with Crippen LogP contribution in [0.25, 0.3) is 0 Å². The van der Waals surface area contributed by atoms with Crippen LogP contribution in [0.2, 0.25) is 0 Å². The van der Waals surface area contributed by atoms with Gasteiger partial charge in [0.25, 0.3) is 0 Å². The molecule has 0 atom stereocenters. The van der Waals surface area contributed by atoms with Crippen molar-refractivity contribution in [2.45, 2.75) is 29.4 Å².